The number of benzene rings is 1. The van der Waals surface area contributed by atoms with Crippen LogP contribution in [-0.4, -0.2) is 33.3 Å². The van der Waals surface area contributed by atoms with Crippen molar-refractivity contribution in [1.82, 2.24) is 14.3 Å². The van der Waals surface area contributed by atoms with Crippen LogP contribution in [0, 0.1) is 13.8 Å². The van der Waals surface area contributed by atoms with E-state index in [1.165, 1.54) is 0 Å². The molecule has 152 valence electrons. The third-order valence-electron chi connectivity index (χ3n) is 5.59. The number of aryl methyl sites for hydroxylation is 2. The van der Waals surface area contributed by atoms with Crippen LogP contribution >= 0.6 is 12.4 Å². The van der Waals surface area contributed by atoms with Crippen LogP contribution in [0.1, 0.15) is 45.7 Å². The summed E-state index contributed by atoms with van der Waals surface area (Å²) >= 11 is 0. The number of likely N-dealkylation sites (tertiary alicyclic amines) is 1. The summed E-state index contributed by atoms with van der Waals surface area (Å²) in [6.07, 6.45) is 8.78. The highest BCUT2D eigenvalue weighted by Crippen LogP contribution is 2.28. The Labute approximate surface area is 177 Å². The normalized spacial score (nSPS) is 13.9. The zero-order valence-corrected chi connectivity index (χ0v) is 17.7. The number of rotatable bonds is 4. The van der Waals surface area contributed by atoms with Gasteiger partial charge >= 0.3 is 0 Å². The summed E-state index contributed by atoms with van der Waals surface area (Å²) in [5, 5.41) is 0. The minimum absolute atomic E-state index is 0. The molecule has 5 nitrogen and oxygen atoms in total. The first-order valence-corrected chi connectivity index (χ1v) is 9.83. The molecule has 1 amide bonds. The average Bonchev–Trinajstić information content (AvgIpc) is 3.34. The number of pyridine rings is 1. The second-order valence-electron chi connectivity index (χ2n) is 7.43. The number of carbonyl (C=O) groups is 1. The summed E-state index contributed by atoms with van der Waals surface area (Å²) in [6.45, 7) is 5.61. The number of anilines is 1. The zero-order chi connectivity index (χ0) is 19.7. The largest absolute Gasteiger partial charge is 0.395 e. The third kappa shape index (κ3) is 4.01. The first kappa shape index (κ1) is 20.9. The van der Waals surface area contributed by atoms with Crippen molar-refractivity contribution in [3.05, 3.63) is 70.7 Å². The predicted octanol–water partition coefficient (Wildman–Crippen LogP) is 4.45. The first-order chi connectivity index (χ1) is 13.6. The Morgan fingerprint density at radius 2 is 1.86 bits per heavy atom. The zero-order valence-electron chi connectivity index (χ0n) is 16.9. The van der Waals surface area contributed by atoms with Crippen molar-refractivity contribution in [2.24, 2.45) is 0 Å². The highest BCUT2D eigenvalue weighted by molar-refractivity contribution is 5.98. The molecule has 0 radical (unpaired) electrons. The maximum atomic E-state index is 13.2. The van der Waals surface area contributed by atoms with Gasteiger partial charge in [0.1, 0.15) is 0 Å². The summed E-state index contributed by atoms with van der Waals surface area (Å²) in [5.41, 5.74) is 12.5. The molecule has 0 spiro atoms. The highest BCUT2D eigenvalue weighted by atomic mass is 35.5. The van der Waals surface area contributed by atoms with Crippen molar-refractivity contribution in [2.75, 3.05) is 18.8 Å². The van der Waals surface area contributed by atoms with Crippen LogP contribution in [0.15, 0.2) is 42.6 Å². The van der Waals surface area contributed by atoms with E-state index in [1.54, 1.807) is 0 Å². The van der Waals surface area contributed by atoms with Gasteiger partial charge in [0, 0.05) is 25.0 Å². The van der Waals surface area contributed by atoms with E-state index in [0.717, 1.165) is 54.1 Å². The lowest BCUT2D eigenvalue weighted by atomic mass is 10.0. The quantitative estimate of drug-likeness (QED) is 0.691. The van der Waals surface area contributed by atoms with Gasteiger partial charge in [-0.1, -0.05) is 42.5 Å². The lowest BCUT2D eigenvalue weighted by Gasteiger charge is -2.19. The van der Waals surface area contributed by atoms with Crippen LogP contribution in [0.5, 0.6) is 0 Å². The van der Waals surface area contributed by atoms with E-state index in [-0.39, 0.29) is 18.3 Å². The topological polar surface area (TPSA) is 63.6 Å². The van der Waals surface area contributed by atoms with Gasteiger partial charge in [-0.2, -0.15) is 0 Å². The van der Waals surface area contributed by atoms with E-state index in [1.807, 2.05) is 47.5 Å². The van der Waals surface area contributed by atoms with Crippen LogP contribution in [0.25, 0.3) is 11.7 Å². The van der Waals surface area contributed by atoms with E-state index in [2.05, 4.69) is 29.3 Å². The Balaban J connectivity index is 0.00000240. The summed E-state index contributed by atoms with van der Waals surface area (Å²) in [6, 6.07) is 10.1. The Morgan fingerprint density at radius 1 is 1.17 bits per heavy atom. The van der Waals surface area contributed by atoms with Crippen molar-refractivity contribution in [3.63, 3.8) is 0 Å². The number of fused-ring (bicyclic) bond motifs is 1. The van der Waals surface area contributed by atoms with Crippen LogP contribution in [0.4, 0.5) is 5.69 Å². The van der Waals surface area contributed by atoms with Gasteiger partial charge in [-0.25, -0.2) is 4.98 Å². The second-order valence-corrected chi connectivity index (χ2v) is 7.43. The maximum absolute atomic E-state index is 13.2. The fraction of sp³-hybridized carbons (Fsp3) is 0.304. The Kier molecular flexibility index (Phi) is 6.28. The number of carbonyl (C=O) groups excluding carboxylic acids is 1. The molecule has 0 unspecified atom stereocenters. The Hall–Kier alpha value is -2.79. The molecule has 1 fully saturated rings. The number of nitrogens with zero attached hydrogens (tertiary/aromatic N) is 3. The molecule has 1 aromatic carbocycles. The smallest absolute Gasteiger partial charge is 0.255 e. The molecule has 1 aliphatic rings. The average molecular weight is 411 g/mol. The molecule has 0 atom stereocenters. The number of amides is 1. The number of aromatic nitrogens is 2. The van der Waals surface area contributed by atoms with E-state index < -0.39 is 0 Å². The van der Waals surface area contributed by atoms with Gasteiger partial charge in [-0.05, 0) is 44.2 Å². The van der Waals surface area contributed by atoms with E-state index in [0.29, 0.717) is 17.7 Å². The molecule has 4 rings (SSSR count). The van der Waals surface area contributed by atoms with Crippen molar-refractivity contribution < 1.29 is 4.79 Å². The fourth-order valence-corrected chi connectivity index (χ4v) is 3.83. The van der Waals surface area contributed by atoms with E-state index in [4.69, 9.17) is 5.73 Å². The maximum Gasteiger partial charge on any atom is 0.255 e. The fourth-order valence-electron chi connectivity index (χ4n) is 3.83. The lowest BCUT2D eigenvalue weighted by molar-refractivity contribution is 0.0791. The monoisotopic (exact) mass is 410 g/mol. The second kappa shape index (κ2) is 8.70. The number of allylic oxidation sites excluding steroid dienone is 1. The minimum Gasteiger partial charge on any atom is -0.395 e. The van der Waals surface area contributed by atoms with Crippen molar-refractivity contribution in [2.45, 2.75) is 33.1 Å². The van der Waals surface area contributed by atoms with Gasteiger partial charge in [0.05, 0.1) is 16.9 Å². The molecular formula is C23H27ClN4O. The molecule has 0 saturated carbocycles. The Bertz CT molecular complexity index is 1050. The van der Waals surface area contributed by atoms with Crippen LogP contribution in [0.2, 0.25) is 0 Å². The first-order valence-electron chi connectivity index (χ1n) is 9.83. The number of hydrogen-bond acceptors (Lipinski definition) is 3. The number of halogens is 1. The lowest BCUT2D eigenvalue weighted by Crippen LogP contribution is -2.29. The molecule has 29 heavy (non-hydrogen) atoms. The molecule has 0 bridgehead atoms. The molecular weight excluding hydrogens is 384 g/mol. The van der Waals surface area contributed by atoms with E-state index in [9.17, 15) is 4.79 Å². The molecule has 6 heteroatoms. The van der Waals surface area contributed by atoms with Gasteiger partial charge < -0.3 is 15.0 Å². The number of nitrogens with two attached hydrogens (primary N) is 1. The van der Waals surface area contributed by atoms with Crippen LogP contribution in [-0.2, 0) is 6.42 Å². The summed E-state index contributed by atoms with van der Waals surface area (Å²) in [5.74, 6) is 0.0694. The SMILES string of the molecule is Cc1nc2c(N)c(C/C=C/c3ccccc3)c(C(=O)N3CCCC3)cn2c1C.Cl. The minimum atomic E-state index is 0. The third-order valence-corrected chi connectivity index (χ3v) is 5.59. The van der Waals surface area contributed by atoms with Gasteiger partial charge in [-0.3, -0.25) is 4.79 Å². The van der Waals surface area contributed by atoms with Crippen molar-refractivity contribution in [1.29, 1.82) is 0 Å². The summed E-state index contributed by atoms with van der Waals surface area (Å²) in [4.78, 5) is 19.8. The van der Waals surface area contributed by atoms with E-state index >= 15 is 0 Å². The number of imidazole rings is 1. The number of nitrogen functional groups attached to an aromatic ring is 1. The predicted molar refractivity (Wildman–Crippen MR) is 121 cm³/mol. The molecule has 0 aliphatic carbocycles. The van der Waals surface area contributed by atoms with Gasteiger partial charge in [0.15, 0.2) is 5.65 Å². The number of hydrogen-bond donors (Lipinski definition) is 1. The van der Waals surface area contributed by atoms with Gasteiger partial charge in [-0.15, -0.1) is 12.4 Å². The molecule has 3 heterocycles. The molecule has 3 aromatic rings. The van der Waals surface area contributed by atoms with Crippen molar-refractivity contribution in [3.8, 4) is 0 Å². The summed E-state index contributed by atoms with van der Waals surface area (Å²) < 4.78 is 1.96. The standard InChI is InChI=1S/C23H26N4O.ClH/c1-16-17(2)27-15-20(23(28)26-13-6-7-14-26)19(21(24)22(27)25-16)12-8-11-18-9-4-3-5-10-18;/h3-5,8-11,15H,6-7,12-14,24H2,1-2H3;1H/b11-8+;. The van der Waals surface area contributed by atoms with Crippen LogP contribution < -0.4 is 5.73 Å². The van der Waals surface area contributed by atoms with Crippen molar-refractivity contribution >= 4 is 35.7 Å². The van der Waals surface area contributed by atoms with Gasteiger partial charge in [0.2, 0.25) is 0 Å². The molecule has 1 saturated heterocycles. The molecule has 2 aromatic heterocycles. The Morgan fingerprint density at radius 3 is 2.55 bits per heavy atom. The summed E-state index contributed by atoms with van der Waals surface area (Å²) in [7, 11) is 0. The van der Waals surface area contributed by atoms with Gasteiger partial charge in [0.25, 0.3) is 5.91 Å². The van der Waals surface area contributed by atoms with Crippen LogP contribution in [0.3, 0.4) is 0 Å². The highest BCUT2D eigenvalue weighted by Gasteiger charge is 2.25. The molecule has 2 N–H and O–H groups in total. The molecule has 1 aliphatic heterocycles.